The number of fused-ring (bicyclic) bond motifs is 2. The smallest absolute Gasteiger partial charge is 0.319 e. The highest BCUT2D eigenvalue weighted by Crippen LogP contribution is 2.65. The Hall–Kier alpha value is -2.37. The van der Waals surface area contributed by atoms with Crippen LogP contribution in [0.25, 0.3) is 11.4 Å². The van der Waals surface area contributed by atoms with Crippen molar-refractivity contribution in [1.82, 2.24) is 15.5 Å². The SMILES string of the molecule is Cc1nc(-c2cccc(NC(=O)NC3CC4CCC3(C)C4(C)C)c2)no1. The summed E-state index contributed by atoms with van der Waals surface area (Å²) in [5.41, 5.74) is 1.98. The Bertz CT molecular complexity index is 844. The minimum atomic E-state index is -0.152. The van der Waals surface area contributed by atoms with Crippen molar-refractivity contribution in [2.75, 3.05) is 5.32 Å². The predicted molar refractivity (Wildman–Crippen MR) is 99.6 cm³/mol. The van der Waals surface area contributed by atoms with Crippen LogP contribution in [0.3, 0.4) is 0 Å². The summed E-state index contributed by atoms with van der Waals surface area (Å²) < 4.78 is 5.03. The van der Waals surface area contributed by atoms with Crippen molar-refractivity contribution in [2.24, 2.45) is 16.7 Å². The van der Waals surface area contributed by atoms with Gasteiger partial charge < -0.3 is 15.2 Å². The van der Waals surface area contributed by atoms with E-state index in [4.69, 9.17) is 4.52 Å². The lowest BCUT2D eigenvalue weighted by molar-refractivity contribution is 0.125. The average Bonchev–Trinajstić information content (AvgIpc) is 3.17. The third-order valence-corrected chi connectivity index (χ3v) is 7.01. The van der Waals surface area contributed by atoms with Crippen LogP contribution in [0.2, 0.25) is 0 Å². The molecular formula is C20H26N4O2. The molecule has 2 aliphatic carbocycles. The summed E-state index contributed by atoms with van der Waals surface area (Å²) in [5, 5.41) is 10.1. The van der Waals surface area contributed by atoms with Gasteiger partial charge in [0, 0.05) is 24.2 Å². The van der Waals surface area contributed by atoms with Gasteiger partial charge in [-0.15, -0.1) is 0 Å². The summed E-state index contributed by atoms with van der Waals surface area (Å²) in [6.07, 6.45) is 3.52. The summed E-state index contributed by atoms with van der Waals surface area (Å²) in [5.74, 6) is 1.74. The number of urea groups is 1. The second kappa shape index (κ2) is 5.83. The lowest BCUT2D eigenvalue weighted by Gasteiger charge is -2.39. The molecule has 4 rings (SSSR count). The first-order chi connectivity index (χ1) is 12.3. The fourth-order valence-electron chi connectivity index (χ4n) is 4.90. The molecule has 2 N–H and O–H groups in total. The number of hydrogen-bond acceptors (Lipinski definition) is 4. The molecule has 0 aliphatic heterocycles. The number of nitrogens with zero attached hydrogens (tertiary/aromatic N) is 2. The van der Waals surface area contributed by atoms with E-state index in [1.807, 2.05) is 24.3 Å². The maximum atomic E-state index is 12.6. The van der Waals surface area contributed by atoms with Crippen molar-refractivity contribution in [2.45, 2.75) is 53.0 Å². The van der Waals surface area contributed by atoms with Gasteiger partial charge in [0.05, 0.1) is 0 Å². The van der Waals surface area contributed by atoms with Gasteiger partial charge in [-0.25, -0.2) is 4.79 Å². The van der Waals surface area contributed by atoms with E-state index in [1.165, 1.54) is 12.8 Å². The van der Waals surface area contributed by atoms with Gasteiger partial charge in [-0.2, -0.15) is 4.98 Å². The number of amides is 2. The van der Waals surface area contributed by atoms with E-state index in [9.17, 15) is 4.79 Å². The van der Waals surface area contributed by atoms with Crippen molar-refractivity contribution in [1.29, 1.82) is 0 Å². The first-order valence-corrected chi connectivity index (χ1v) is 9.28. The van der Waals surface area contributed by atoms with Gasteiger partial charge in [-0.1, -0.05) is 38.1 Å². The number of carbonyl (C=O) groups is 1. The van der Waals surface area contributed by atoms with Crippen LogP contribution in [-0.2, 0) is 0 Å². The summed E-state index contributed by atoms with van der Waals surface area (Å²) in [4.78, 5) is 16.8. The molecule has 6 nitrogen and oxygen atoms in total. The first kappa shape index (κ1) is 17.1. The quantitative estimate of drug-likeness (QED) is 0.857. The average molecular weight is 354 g/mol. The molecule has 0 radical (unpaired) electrons. The normalized spacial score (nSPS) is 28.9. The molecule has 3 unspecified atom stereocenters. The van der Waals surface area contributed by atoms with E-state index < -0.39 is 0 Å². The van der Waals surface area contributed by atoms with E-state index >= 15 is 0 Å². The number of aromatic nitrogens is 2. The fraction of sp³-hybridized carbons (Fsp3) is 0.550. The van der Waals surface area contributed by atoms with Crippen LogP contribution in [0.5, 0.6) is 0 Å². The van der Waals surface area contributed by atoms with Crippen molar-refractivity contribution in [3.8, 4) is 11.4 Å². The maximum Gasteiger partial charge on any atom is 0.319 e. The van der Waals surface area contributed by atoms with Crippen molar-refractivity contribution >= 4 is 11.7 Å². The molecule has 2 aromatic rings. The second-order valence-electron chi connectivity index (χ2n) is 8.48. The fourth-order valence-corrected chi connectivity index (χ4v) is 4.90. The third kappa shape index (κ3) is 2.59. The molecule has 26 heavy (non-hydrogen) atoms. The maximum absolute atomic E-state index is 12.6. The molecule has 1 heterocycles. The zero-order valence-electron chi connectivity index (χ0n) is 15.8. The third-order valence-electron chi connectivity index (χ3n) is 7.01. The Morgan fingerprint density at radius 3 is 2.73 bits per heavy atom. The number of nitrogens with one attached hydrogen (secondary N) is 2. The van der Waals surface area contributed by atoms with Gasteiger partial charge in [0.15, 0.2) is 0 Å². The number of anilines is 1. The summed E-state index contributed by atoms with van der Waals surface area (Å²) in [6.45, 7) is 8.77. The van der Waals surface area contributed by atoms with Crippen LogP contribution in [0.4, 0.5) is 10.5 Å². The summed E-state index contributed by atoms with van der Waals surface area (Å²) in [6, 6.07) is 7.56. The molecule has 2 bridgehead atoms. The summed E-state index contributed by atoms with van der Waals surface area (Å²) in [7, 11) is 0. The molecule has 138 valence electrons. The molecule has 3 atom stereocenters. The van der Waals surface area contributed by atoms with Crippen LogP contribution in [0, 0.1) is 23.7 Å². The lowest BCUT2D eigenvalue weighted by atomic mass is 9.69. The molecule has 1 aromatic heterocycles. The predicted octanol–water partition coefficient (Wildman–Crippen LogP) is 4.38. The van der Waals surface area contributed by atoms with Crippen molar-refractivity contribution in [3.63, 3.8) is 0 Å². The number of aryl methyl sites for hydroxylation is 1. The topological polar surface area (TPSA) is 80.0 Å². The van der Waals surface area contributed by atoms with E-state index in [1.54, 1.807) is 6.92 Å². The minimum absolute atomic E-state index is 0.152. The molecule has 0 spiro atoms. The van der Waals surface area contributed by atoms with Crippen LogP contribution in [0.1, 0.15) is 45.9 Å². The van der Waals surface area contributed by atoms with Crippen LogP contribution < -0.4 is 10.6 Å². The monoisotopic (exact) mass is 354 g/mol. The van der Waals surface area contributed by atoms with Crippen molar-refractivity contribution in [3.05, 3.63) is 30.2 Å². The molecule has 2 fully saturated rings. The van der Waals surface area contributed by atoms with Gasteiger partial charge in [-0.05, 0) is 48.1 Å². The Morgan fingerprint density at radius 1 is 1.31 bits per heavy atom. The van der Waals surface area contributed by atoms with Crippen molar-refractivity contribution < 1.29 is 9.32 Å². The number of rotatable bonds is 3. The van der Waals surface area contributed by atoms with E-state index in [-0.39, 0.29) is 22.9 Å². The Balaban J connectivity index is 1.45. The summed E-state index contributed by atoms with van der Waals surface area (Å²) >= 11 is 0. The Morgan fingerprint density at radius 2 is 2.12 bits per heavy atom. The van der Waals surface area contributed by atoms with Gasteiger partial charge in [0.1, 0.15) is 0 Å². The van der Waals surface area contributed by atoms with E-state index in [0.29, 0.717) is 17.6 Å². The van der Waals surface area contributed by atoms with Crippen LogP contribution >= 0.6 is 0 Å². The highest BCUT2D eigenvalue weighted by molar-refractivity contribution is 5.90. The second-order valence-corrected chi connectivity index (χ2v) is 8.48. The molecule has 0 saturated heterocycles. The van der Waals surface area contributed by atoms with Crippen LogP contribution in [0.15, 0.2) is 28.8 Å². The molecular weight excluding hydrogens is 328 g/mol. The first-order valence-electron chi connectivity index (χ1n) is 9.28. The van der Waals surface area contributed by atoms with Crippen LogP contribution in [-0.4, -0.2) is 22.2 Å². The highest BCUT2D eigenvalue weighted by atomic mass is 16.5. The Labute approximate surface area is 153 Å². The van der Waals surface area contributed by atoms with Gasteiger partial charge in [-0.3, -0.25) is 0 Å². The molecule has 2 saturated carbocycles. The lowest BCUT2D eigenvalue weighted by Crippen LogP contribution is -2.48. The van der Waals surface area contributed by atoms with Gasteiger partial charge in [0.25, 0.3) is 0 Å². The zero-order valence-corrected chi connectivity index (χ0v) is 15.8. The van der Waals surface area contributed by atoms with E-state index in [2.05, 4.69) is 41.5 Å². The van der Waals surface area contributed by atoms with Gasteiger partial charge >= 0.3 is 6.03 Å². The number of hydrogen-bond donors (Lipinski definition) is 2. The molecule has 2 aliphatic rings. The molecule has 1 aromatic carbocycles. The molecule has 2 amide bonds. The largest absolute Gasteiger partial charge is 0.339 e. The standard InChI is InChI=1S/C20H26N4O2/c1-12-21-17(24-26-12)13-6-5-7-15(10-13)22-18(25)23-16-11-14-8-9-20(16,4)19(14,2)3/h5-7,10,14,16H,8-9,11H2,1-4H3,(H2,22,23,25). The number of benzene rings is 1. The zero-order chi connectivity index (χ0) is 18.5. The number of carbonyl (C=O) groups excluding carboxylic acids is 1. The van der Waals surface area contributed by atoms with E-state index in [0.717, 1.165) is 17.7 Å². The molecule has 6 heteroatoms. The highest BCUT2D eigenvalue weighted by Gasteiger charge is 2.61. The van der Waals surface area contributed by atoms with Gasteiger partial charge in [0.2, 0.25) is 11.7 Å². The Kier molecular flexibility index (Phi) is 3.82. The minimum Gasteiger partial charge on any atom is -0.339 e.